The number of rotatable bonds is 2. The van der Waals surface area contributed by atoms with Gasteiger partial charge in [0.2, 0.25) is 0 Å². The quantitative estimate of drug-likeness (QED) is 0.458. The Morgan fingerprint density at radius 2 is 2.00 bits per heavy atom. The van der Waals surface area contributed by atoms with Gasteiger partial charge in [0.25, 0.3) is 0 Å². The van der Waals surface area contributed by atoms with Crippen molar-refractivity contribution in [1.82, 2.24) is 0 Å². The number of hydrogen-bond donors (Lipinski definition) is 0. The highest BCUT2D eigenvalue weighted by molar-refractivity contribution is 7.99. The molecule has 0 amide bonds. The summed E-state index contributed by atoms with van der Waals surface area (Å²) < 4.78 is 4.63. The lowest BCUT2D eigenvalue weighted by Crippen LogP contribution is -2.12. The summed E-state index contributed by atoms with van der Waals surface area (Å²) in [6, 6.07) is 0. The van der Waals surface area contributed by atoms with Crippen molar-refractivity contribution in [3.05, 3.63) is 0 Å². The highest BCUT2D eigenvalue weighted by Gasteiger charge is 2.15. The van der Waals surface area contributed by atoms with Crippen molar-refractivity contribution < 1.29 is 0 Å². The summed E-state index contributed by atoms with van der Waals surface area (Å²) in [4.78, 5) is 0. The van der Waals surface area contributed by atoms with E-state index in [1.807, 2.05) is 0 Å². The third-order valence-corrected chi connectivity index (χ3v) is 2.52. The minimum atomic E-state index is 0.278. The molecule has 0 aromatic heterocycles. The van der Waals surface area contributed by atoms with Gasteiger partial charge in [0.05, 0.1) is 0 Å². The van der Waals surface area contributed by atoms with E-state index in [2.05, 4.69) is 31.4 Å². The van der Waals surface area contributed by atoms with Crippen LogP contribution in [-0.2, 0) is 0 Å². The second-order valence-corrected chi connectivity index (χ2v) is 5.77. The summed E-state index contributed by atoms with van der Waals surface area (Å²) in [5, 5.41) is 0. The molecule has 0 aromatic carbocycles. The molecular weight excluding hydrogens is 154 g/mol. The molecule has 1 aliphatic carbocycles. The first-order chi connectivity index (χ1) is 5.08. The van der Waals surface area contributed by atoms with Crippen LogP contribution in [0.1, 0.15) is 40.0 Å². The zero-order valence-corrected chi connectivity index (χ0v) is 8.45. The van der Waals surface area contributed by atoms with Gasteiger partial charge in [0, 0.05) is 11.0 Å². The van der Waals surface area contributed by atoms with E-state index in [1.54, 1.807) is 11.9 Å². The van der Waals surface area contributed by atoms with Gasteiger partial charge in [-0.05, 0) is 51.5 Å². The Morgan fingerprint density at radius 1 is 1.36 bits per heavy atom. The van der Waals surface area contributed by atoms with Gasteiger partial charge in [-0.2, -0.15) is 0 Å². The van der Waals surface area contributed by atoms with Gasteiger partial charge in [-0.25, -0.2) is 4.40 Å². The topological polar surface area (TPSA) is 12.4 Å². The average Bonchev–Trinajstić information content (AvgIpc) is 1.73. The smallest absolute Gasteiger partial charge is 0.0294 e. The van der Waals surface area contributed by atoms with E-state index >= 15 is 0 Å². The Balaban J connectivity index is 2.14. The molecule has 1 fully saturated rings. The molecule has 0 aromatic rings. The van der Waals surface area contributed by atoms with Crippen molar-refractivity contribution in [3.8, 4) is 0 Å². The Morgan fingerprint density at radius 3 is 2.36 bits per heavy atom. The molecule has 0 heterocycles. The molecule has 0 atom stereocenters. The summed E-state index contributed by atoms with van der Waals surface area (Å²) in [5.74, 6) is 0.796. The van der Waals surface area contributed by atoms with Crippen LogP contribution >= 0.6 is 11.9 Å². The molecule has 2 heteroatoms. The molecule has 0 spiro atoms. The fraction of sp³-hybridized carbons (Fsp3) is 0.889. The second kappa shape index (κ2) is 3.61. The molecule has 1 rings (SSSR count). The molecular formula is C9H17NS. The molecule has 0 saturated heterocycles. The average molecular weight is 171 g/mol. The van der Waals surface area contributed by atoms with Gasteiger partial charge in [-0.3, -0.25) is 0 Å². The van der Waals surface area contributed by atoms with Crippen molar-refractivity contribution >= 4 is 18.2 Å². The van der Waals surface area contributed by atoms with Crippen LogP contribution in [0.25, 0.3) is 0 Å². The molecule has 64 valence electrons. The van der Waals surface area contributed by atoms with Crippen molar-refractivity contribution in [1.29, 1.82) is 0 Å². The van der Waals surface area contributed by atoms with Crippen molar-refractivity contribution in [2.24, 2.45) is 10.3 Å². The first-order valence-corrected chi connectivity index (χ1v) is 5.07. The van der Waals surface area contributed by atoms with E-state index in [4.69, 9.17) is 0 Å². The lowest BCUT2D eigenvalue weighted by atomic mass is 9.87. The lowest BCUT2D eigenvalue weighted by molar-refractivity contribution is 0.421. The Hall–Kier alpha value is 0.0200. The SMILES string of the molecule is CC(C)(C)SN=CC1CCC1. The van der Waals surface area contributed by atoms with E-state index < -0.39 is 0 Å². The van der Waals surface area contributed by atoms with Gasteiger partial charge >= 0.3 is 0 Å². The van der Waals surface area contributed by atoms with Crippen LogP contribution in [-0.4, -0.2) is 11.0 Å². The van der Waals surface area contributed by atoms with Crippen LogP contribution in [0.3, 0.4) is 0 Å². The summed E-state index contributed by atoms with van der Waals surface area (Å²) in [5.41, 5.74) is 0. The fourth-order valence-corrected chi connectivity index (χ4v) is 1.41. The highest BCUT2D eigenvalue weighted by atomic mass is 32.2. The predicted octanol–water partition coefficient (Wildman–Crippen LogP) is 3.30. The van der Waals surface area contributed by atoms with Gasteiger partial charge in [-0.15, -0.1) is 0 Å². The fourth-order valence-electron chi connectivity index (χ4n) is 0.864. The van der Waals surface area contributed by atoms with E-state index in [-0.39, 0.29) is 4.75 Å². The van der Waals surface area contributed by atoms with Crippen LogP contribution in [0.4, 0.5) is 0 Å². The van der Waals surface area contributed by atoms with Gasteiger partial charge in [0.15, 0.2) is 0 Å². The van der Waals surface area contributed by atoms with E-state index in [0.717, 1.165) is 5.92 Å². The van der Waals surface area contributed by atoms with E-state index in [0.29, 0.717) is 0 Å². The molecule has 1 saturated carbocycles. The van der Waals surface area contributed by atoms with Crippen LogP contribution < -0.4 is 0 Å². The van der Waals surface area contributed by atoms with Crippen LogP contribution in [0, 0.1) is 5.92 Å². The monoisotopic (exact) mass is 171 g/mol. The van der Waals surface area contributed by atoms with Gasteiger partial charge < -0.3 is 0 Å². The maximum absolute atomic E-state index is 4.36. The molecule has 11 heavy (non-hydrogen) atoms. The maximum atomic E-state index is 4.36. The van der Waals surface area contributed by atoms with Crippen LogP contribution in [0.15, 0.2) is 4.40 Å². The first-order valence-electron chi connectivity index (χ1n) is 4.29. The van der Waals surface area contributed by atoms with Gasteiger partial charge in [-0.1, -0.05) is 6.42 Å². The second-order valence-electron chi connectivity index (χ2n) is 4.15. The summed E-state index contributed by atoms with van der Waals surface area (Å²) in [7, 11) is 0. The largest absolute Gasteiger partial charge is 0.228 e. The standard InChI is InChI=1S/C9H17NS/c1-9(2,3)11-10-7-8-5-4-6-8/h7-8H,4-6H2,1-3H3. The third-order valence-electron chi connectivity index (χ3n) is 1.75. The van der Waals surface area contributed by atoms with Crippen molar-refractivity contribution in [3.63, 3.8) is 0 Å². The highest BCUT2D eigenvalue weighted by Crippen LogP contribution is 2.28. The summed E-state index contributed by atoms with van der Waals surface area (Å²) in [6.45, 7) is 6.57. The minimum absolute atomic E-state index is 0.278. The minimum Gasteiger partial charge on any atom is -0.228 e. The summed E-state index contributed by atoms with van der Waals surface area (Å²) >= 11 is 1.68. The predicted molar refractivity (Wildman–Crippen MR) is 53.2 cm³/mol. The molecule has 0 N–H and O–H groups in total. The Labute approximate surface area is 73.8 Å². The zero-order valence-electron chi connectivity index (χ0n) is 7.63. The van der Waals surface area contributed by atoms with Crippen molar-refractivity contribution in [2.45, 2.75) is 44.8 Å². The van der Waals surface area contributed by atoms with Crippen molar-refractivity contribution in [2.75, 3.05) is 0 Å². The third kappa shape index (κ3) is 3.80. The zero-order chi connectivity index (χ0) is 8.32. The first kappa shape index (κ1) is 9.11. The molecule has 0 radical (unpaired) electrons. The Bertz CT molecular complexity index is 142. The molecule has 0 bridgehead atoms. The maximum Gasteiger partial charge on any atom is 0.0294 e. The Kier molecular flexibility index (Phi) is 2.99. The van der Waals surface area contributed by atoms with E-state index in [9.17, 15) is 0 Å². The molecule has 1 nitrogen and oxygen atoms in total. The molecule has 0 aliphatic heterocycles. The number of hydrogen-bond acceptors (Lipinski definition) is 2. The lowest BCUT2D eigenvalue weighted by Gasteiger charge is -2.21. The van der Waals surface area contributed by atoms with E-state index in [1.165, 1.54) is 19.3 Å². The molecule has 1 aliphatic rings. The summed E-state index contributed by atoms with van der Waals surface area (Å²) in [6.07, 6.45) is 6.23. The van der Waals surface area contributed by atoms with Crippen LogP contribution in [0.5, 0.6) is 0 Å². The van der Waals surface area contributed by atoms with Crippen LogP contribution in [0.2, 0.25) is 0 Å². The molecule has 0 unspecified atom stereocenters. The number of nitrogens with zero attached hydrogens (tertiary/aromatic N) is 1. The van der Waals surface area contributed by atoms with Gasteiger partial charge in [0.1, 0.15) is 0 Å². The normalized spacial score (nSPS) is 20.6.